The van der Waals surface area contributed by atoms with Crippen LogP contribution in [0.5, 0.6) is 0 Å². The molecule has 0 atom stereocenters. The van der Waals surface area contributed by atoms with E-state index in [1.165, 1.54) is 48.5 Å². The number of unbranched alkanes of at least 4 members (excludes halogenated alkanes) is 1. The van der Waals surface area contributed by atoms with E-state index in [9.17, 15) is 28.8 Å². The minimum absolute atomic E-state index is 0.0937. The second kappa shape index (κ2) is 15.4. The van der Waals surface area contributed by atoms with Gasteiger partial charge in [0.2, 0.25) is 11.8 Å². The molecule has 0 aromatic heterocycles. The first-order valence-corrected chi connectivity index (χ1v) is 13.9. The van der Waals surface area contributed by atoms with Crippen LogP contribution in [-0.2, 0) is 9.59 Å². The molecule has 6 amide bonds. The maximum absolute atomic E-state index is 13.1. The van der Waals surface area contributed by atoms with Crippen molar-refractivity contribution in [3.05, 3.63) is 144 Å². The van der Waals surface area contributed by atoms with Crippen molar-refractivity contribution in [3.8, 4) is 0 Å². The van der Waals surface area contributed by atoms with Crippen LogP contribution in [-0.4, -0.2) is 45.5 Å². The summed E-state index contributed by atoms with van der Waals surface area (Å²) in [6.07, 6.45) is 0.268. The summed E-state index contributed by atoms with van der Waals surface area (Å²) in [5.74, 6) is -3.98. The predicted molar refractivity (Wildman–Crippen MR) is 162 cm³/mol. The smallest absolute Gasteiger partial charge is 0.273 e. The first kappa shape index (κ1) is 31.0. The Labute approximate surface area is 254 Å². The van der Waals surface area contributed by atoms with Gasteiger partial charge in [-0.25, -0.2) is 0 Å². The van der Waals surface area contributed by atoms with Crippen molar-refractivity contribution in [1.82, 2.24) is 20.9 Å². The Morgan fingerprint density at radius 2 is 0.614 bits per heavy atom. The standard InChI is InChI=1S/C34H30N4O6/c39-29(35-37(31(41)25-15-5-1-6-16-25)32(42)26-17-7-2-8-18-26)23-13-14-24-30(40)36-38(33(43)27-19-9-3-10-20-27)34(44)28-21-11-4-12-22-28/h1-12,15-22H,13-14,23-24H2,(H,35,39)(H,36,40). The molecule has 0 spiro atoms. The Kier molecular flexibility index (Phi) is 10.8. The molecule has 0 bridgehead atoms. The summed E-state index contributed by atoms with van der Waals surface area (Å²) in [6, 6.07) is 32.3. The number of nitrogens with zero attached hydrogens (tertiary/aromatic N) is 2. The van der Waals surface area contributed by atoms with Gasteiger partial charge in [-0.3, -0.25) is 39.6 Å². The van der Waals surface area contributed by atoms with Crippen molar-refractivity contribution >= 4 is 35.4 Å². The van der Waals surface area contributed by atoms with E-state index in [1.54, 1.807) is 72.8 Å². The zero-order valence-corrected chi connectivity index (χ0v) is 23.7. The van der Waals surface area contributed by atoms with Gasteiger partial charge in [0.15, 0.2) is 0 Å². The van der Waals surface area contributed by atoms with Gasteiger partial charge in [0.25, 0.3) is 23.6 Å². The summed E-state index contributed by atoms with van der Waals surface area (Å²) in [4.78, 5) is 78.0. The molecule has 0 aliphatic heterocycles. The molecule has 0 saturated carbocycles. The minimum Gasteiger partial charge on any atom is -0.273 e. The second-order valence-corrected chi connectivity index (χ2v) is 9.63. The minimum atomic E-state index is -0.696. The molecule has 10 heteroatoms. The first-order valence-electron chi connectivity index (χ1n) is 13.9. The van der Waals surface area contributed by atoms with Gasteiger partial charge >= 0.3 is 0 Å². The summed E-state index contributed by atoms with van der Waals surface area (Å²) in [5, 5.41) is 1.37. The van der Waals surface area contributed by atoms with Crippen LogP contribution in [0.4, 0.5) is 0 Å². The lowest BCUT2D eigenvalue weighted by molar-refractivity contribution is -0.126. The molecule has 0 saturated heterocycles. The molecule has 44 heavy (non-hydrogen) atoms. The Balaban J connectivity index is 1.35. The highest BCUT2D eigenvalue weighted by Gasteiger charge is 2.27. The maximum Gasteiger partial charge on any atom is 0.279 e. The topological polar surface area (TPSA) is 133 Å². The molecule has 0 heterocycles. The average Bonchev–Trinajstić information content (AvgIpc) is 3.08. The van der Waals surface area contributed by atoms with Crippen LogP contribution in [0.25, 0.3) is 0 Å². The van der Waals surface area contributed by atoms with Crippen LogP contribution >= 0.6 is 0 Å². The monoisotopic (exact) mass is 590 g/mol. The summed E-state index contributed by atoms with van der Waals surface area (Å²) >= 11 is 0. The fourth-order valence-electron chi connectivity index (χ4n) is 4.16. The Bertz CT molecular complexity index is 1390. The summed E-state index contributed by atoms with van der Waals surface area (Å²) in [6.45, 7) is 0. The lowest BCUT2D eigenvalue weighted by atomic mass is 10.1. The van der Waals surface area contributed by atoms with Crippen molar-refractivity contribution in [2.75, 3.05) is 0 Å². The van der Waals surface area contributed by atoms with Gasteiger partial charge in [-0.2, -0.15) is 10.0 Å². The first-order chi connectivity index (χ1) is 21.3. The number of benzene rings is 4. The third kappa shape index (κ3) is 8.32. The molecule has 0 fully saturated rings. The van der Waals surface area contributed by atoms with E-state index in [-0.39, 0.29) is 47.9 Å². The van der Waals surface area contributed by atoms with Crippen LogP contribution in [0.15, 0.2) is 121 Å². The number of hydrogen-bond donors (Lipinski definition) is 2. The van der Waals surface area contributed by atoms with Crippen LogP contribution in [0.1, 0.15) is 67.1 Å². The quantitative estimate of drug-likeness (QED) is 0.167. The number of hydrogen-bond acceptors (Lipinski definition) is 6. The predicted octanol–water partition coefficient (Wildman–Crippen LogP) is 4.57. The maximum atomic E-state index is 13.1. The van der Waals surface area contributed by atoms with E-state index >= 15 is 0 Å². The number of imide groups is 2. The van der Waals surface area contributed by atoms with Crippen molar-refractivity contribution in [2.24, 2.45) is 0 Å². The summed E-state index contributed by atoms with van der Waals surface area (Å²) in [5.41, 5.74) is 5.66. The van der Waals surface area contributed by atoms with Gasteiger partial charge in [0, 0.05) is 35.1 Å². The SMILES string of the molecule is O=C(CCCCC(=O)NN(C(=O)c1ccccc1)C(=O)c1ccccc1)NN(C(=O)c1ccccc1)C(=O)c1ccccc1. The molecular formula is C34H30N4O6. The summed E-state index contributed by atoms with van der Waals surface area (Å²) in [7, 11) is 0. The fraction of sp³-hybridized carbons (Fsp3) is 0.118. The average molecular weight is 591 g/mol. The van der Waals surface area contributed by atoms with Crippen molar-refractivity contribution in [3.63, 3.8) is 0 Å². The largest absolute Gasteiger partial charge is 0.279 e. The molecule has 0 unspecified atom stereocenters. The van der Waals surface area contributed by atoms with Crippen LogP contribution in [0.3, 0.4) is 0 Å². The van der Waals surface area contributed by atoms with Crippen molar-refractivity contribution in [1.29, 1.82) is 0 Å². The molecule has 222 valence electrons. The highest BCUT2D eigenvalue weighted by Crippen LogP contribution is 2.12. The molecule has 2 N–H and O–H groups in total. The van der Waals surface area contributed by atoms with Crippen LogP contribution < -0.4 is 10.9 Å². The van der Waals surface area contributed by atoms with E-state index in [0.29, 0.717) is 10.0 Å². The zero-order valence-electron chi connectivity index (χ0n) is 23.7. The summed E-state index contributed by atoms with van der Waals surface area (Å²) < 4.78 is 0. The van der Waals surface area contributed by atoms with Gasteiger partial charge in [-0.1, -0.05) is 72.8 Å². The molecule has 4 aromatic carbocycles. The third-order valence-corrected chi connectivity index (χ3v) is 6.43. The third-order valence-electron chi connectivity index (χ3n) is 6.43. The van der Waals surface area contributed by atoms with E-state index in [1.807, 2.05) is 0 Å². The van der Waals surface area contributed by atoms with E-state index in [0.717, 1.165) is 0 Å². The Morgan fingerprint density at radius 1 is 0.386 bits per heavy atom. The Hall–Kier alpha value is -5.90. The number of rotatable bonds is 9. The van der Waals surface area contributed by atoms with Crippen LogP contribution in [0, 0.1) is 0 Å². The van der Waals surface area contributed by atoms with Crippen molar-refractivity contribution < 1.29 is 28.8 Å². The molecule has 0 aliphatic carbocycles. The second-order valence-electron chi connectivity index (χ2n) is 9.63. The van der Waals surface area contributed by atoms with Gasteiger partial charge in [-0.15, -0.1) is 0 Å². The number of hydrazine groups is 2. The van der Waals surface area contributed by atoms with Gasteiger partial charge in [0.1, 0.15) is 0 Å². The highest BCUT2D eigenvalue weighted by atomic mass is 16.2. The van der Waals surface area contributed by atoms with E-state index in [2.05, 4.69) is 10.9 Å². The molecule has 0 aliphatic rings. The lowest BCUT2D eigenvalue weighted by Crippen LogP contribution is -2.50. The molecule has 4 aromatic rings. The molecule has 10 nitrogen and oxygen atoms in total. The number of carbonyl (C=O) groups is 6. The molecule has 4 rings (SSSR count). The normalized spacial score (nSPS) is 10.3. The van der Waals surface area contributed by atoms with E-state index in [4.69, 9.17) is 0 Å². The van der Waals surface area contributed by atoms with Gasteiger partial charge in [0.05, 0.1) is 0 Å². The fourth-order valence-corrected chi connectivity index (χ4v) is 4.16. The highest BCUT2D eigenvalue weighted by molar-refractivity contribution is 6.12. The number of amides is 6. The lowest BCUT2D eigenvalue weighted by Gasteiger charge is -2.22. The van der Waals surface area contributed by atoms with Gasteiger partial charge < -0.3 is 0 Å². The molecular weight excluding hydrogens is 560 g/mol. The molecule has 0 radical (unpaired) electrons. The zero-order chi connectivity index (χ0) is 31.3. The van der Waals surface area contributed by atoms with Gasteiger partial charge in [-0.05, 0) is 61.4 Å². The number of carbonyl (C=O) groups excluding carboxylic acids is 6. The number of nitrogens with one attached hydrogen (secondary N) is 2. The van der Waals surface area contributed by atoms with Crippen molar-refractivity contribution in [2.45, 2.75) is 25.7 Å². The Morgan fingerprint density at radius 3 is 0.841 bits per heavy atom. The van der Waals surface area contributed by atoms with E-state index < -0.39 is 35.4 Å². The van der Waals surface area contributed by atoms with Crippen LogP contribution in [0.2, 0.25) is 0 Å².